The fourth-order valence-electron chi connectivity index (χ4n) is 1.20. The molecule has 0 bridgehead atoms. The van der Waals surface area contributed by atoms with Gasteiger partial charge in [0.2, 0.25) is 0 Å². The van der Waals surface area contributed by atoms with E-state index in [9.17, 15) is 4.79 Å². The minimum Gasteiger partial charge on any atom is -0.399 e. The van der Waals surface area contributed by atoms with Crippen LogP contribution < -0.4 is 11.1 Å². The number of carbonyl (C=O) groups excluding carboxylic acids is 1. The Hall–Kier alpha value is -1.71. The average molecular weight is 193 g/mol. The van der Waals surface area contributed by atoms with Crippen molar-refractivity contribution in [3.8, 4) is 0 Å². The number of amides is 1. The summed E-state index contributed by atoms with van der Waals surface area (Å²) in [6.45, 7) is 0. The molecular weight excluding hydrogens is 178 g/mol. The van der Waals surface area contributed by atoms with Gasteiger partial charge in [0.15, 0.2) is 0 Å². The predicted molar refractivity (Wildman–Crippen MR) is 58.4 cm³/mol. The normalized spacial score (nSPS) is 9.64. The maximum atomic E-state index is 11.7. The lowest BCUT2D eigenvalue weighted by molar-refractivity contribution is 0.0828. The molecule has 0 spiro atoms. The molecular formula is C10H15N3O. The maximum Gasteiger partial charge on any atom is 0.255 e. The molecule has 4 nitrogen and oxygen atoms in total. The van der Waals surface area contributed by atoms with Crippen LogP contribution in [0.3, 0.4) is 0 Å². The first-order valence-corrected chi connectivity index (χ1v) is 4.35. The third-order valence-corrected chi connectivity index (χ3v) is 1.95. The fourth-order valence-corrected chi connectivity index (χ4v) is 1.20. The van der Waals surface area contributed by atoms with Crippen LogP contribution in [0.15, 0.2) is 18.2 Å². The van der Waals surface area contributed by atoms with Gasteiger partial charge in [-0.25, -0.2) is 0 Å². The molecule has 0 radical (unpaired) electrons. The smallest absolute Gasteiger partial charge is 0.255 e. The lowest BCUT2D eigenvalue weighted by Gasteiger charge is -2.14. The predicted octanol–water partition coefficient (Wildman–Crippen LogP) is 1.01. The molecule has 76 valence electrons. The van der Waals surface area contributed by atoms with Crippen LogP contribution in [0.5, 0.6) is 0 Å². The van der Waals surface area contributed by atoms with Crippen molar-refractivity contribution in [2.24, 2.45) is 0 Å². The highest BCUT2D eigenvalue weighted by Crippen LogP contribution is 2.19. The van der Waals surface area contributed by atoms with Crippen molar-refractivity contribution in [1.82, 2.24) is 4.90 Å². The first-order valence-electron chi connectivity index (χ1n) is 4.35. The molecule has 0 atom stereocenters. The Bertz CT molecular complexity index is 347. The quantitative estimate of drug-likeness (QED) is 0.689. The Kier molecular flexibility index (Phi) is 2.96. The number of nitrogens with two attached hydrogens (primary N) is 1. The van der Waals surface area contributed by atoms with E-state index < -0.39 is 0 Å². The topological polar surface area (TPSA) is 58.4 Å². The molecule has 1 rings (SSSR count). The summed E-state index contributed by atoms with van der Waals surface area (Å²) in [6, 6.07) is 5.19. The van der Waals surface area contributed by atoms with Crippen LogP contribution in [0.1, 0.15) is 10.4 Å². The van der Waals surface area contributed by atoms with Crippen molar-refractivity contribution in [3.05, 3.63) is 23.8 Å². The van der Waals surface area contributed by atoms with Gasteiger partial charge in [-0.05, 0) is 18.2 Å². The molecule has 0 fully saturated rings. The molecule has 0 heterocycles. The molecule has 1 aromatic carbocycles. The van der Waals surface area contributed by atoms with Crippen molar-refractivity contribution < 1.29 is 4.79 Å². The number of rotatable bonds is 2. The van der Waals surface area contributed by atoms with E-state index in [0.717, 1.165) is 5.69 Å². The Morgan fingerprint density at radius 3 is 2.57 bits per heavy atom. The van der Waals surface area contributed by atoms with Crippen LogP contribution >= 0.6 is 0 Å². The largest absolute Gasteiger partial charge is 0.399 e. The first kappa shape index (κ1) is 10.4. The highest BCUT2D eigenvalue weighted by atomic mass is 16.2. The van der Waals surface area contributed by atoms with Gasteiger partial charge in [-0.1, -0.05) is 0 Å². The molecule has 0 aliphatic heterocycles. The second kappa shape index (κ2) is 4.00. The van der Waals surface area contributed by atoms with Crippen LogP contribution in [0.25, 0.3) is 0 Å². The third kappa shape index (κ3) is 1.96. The molecule has 3 N–H and O–H groups in total. The summed E-state index contributed by atoms with van der Waals surface area (Å²) < 4.78 is 0. The van der Waals surface area contributed by atoms with E-state index in [2.05, 4.69) is 5.32 Å². The molecule has 4 heteroatoms. The van der Waals surface area contributed by atoms with Crippen LogP contribution in [0.4, 0.5) is 11.4 Å². The summed E-state index contributed by atoms with van der Waals surface area (Å²) in [5.41, 5.74) is 7.64. The van der Waals surface area contributed by atoms with Gasteiger partial charge in [-0.15, -0.1) is 0 Å². The Morgan fingerprint density at radius 1 is 1.43 bits per heavy atom. The van der Waals surface area contributed by atoms with Crippen molar-refractivity contribution in [1.29, 1.82) is 0 Å². The van der Waals surface area contributed by atoms with Crippen LogP contribution in [-0.2, 0) is 0 Å². The van der Waals surface area contributed by atoms with Crippen LogP contribution in [0, 0.1) is 0 Å². The summed E-state index contributed by atoms with van der Waals surface area (Å²) in [6.07, 6.45) is 0. The Morgan fingerprint density at radius 2 is 2.07 bits per heavy atom. The second-order valence-corrected chi connectivity index (χ2v) is 3.25. The van der Waals surface area contributed by atoms with E-state index in [0.29, 0.717) is 11.3 Å². The monoisotopic (exact) mass is 193 g/mol. The first-order chi connectivity index (χ1) is 6.56. The fraction of sp³-hybridized carbons (Fsp3) is 0.300. The van der Waals surface area contributed by atoms with Gasteiger partial charge in [-0.3, -0.25) is 4.79 Å². The van der Waals surface area contributed by atoms with Gasteiger partial charge in [0.25, 0.3) is 5.91 Å². The number of nitrogens with one attached hydrogen (secondary N) is 1. The Balaban J connectivity index is 3.14. The molecule has 1 amide bonds. The number of hydrogen-bond donors (Lipinski definition) is 2. The molecule has 0 unspecified atom stereocenters. The van der Waals surface area contributed by atoms with E-state index in [4.69, 9.17) is 5.73 Å². The molecule has 0 aromatic heterocycles. The van der Waals surface area contributed by atoms with Crippen molar-refractivity contribution >= 4 is 17.3 Å². The molecule has 0 aliphatic rings. The second-order valence-electron chi connectivity index (χ2n) is 3.25. The summed E-state index contributed by atoms with van der Waals surface area (Å²) in [4.78, 5) is 13.2. The summed E-state index contributed by atoms with van der Waals surface area (Å²) in [7, 11) is 5.21. The third-order valence-electron chi connectivity index (χ3n) is 1.95. The number of nitrogen functional groups attached to an aromatic ring is 1. The lowest BCUT2D eigenvalue weighted by atomic mass is 10.1. The van der Waals surface area contributed by atoms with Gasteiger partial charge in [-0.2, -0.15) is 0 Å². The summed E-state index contributed by atoms with van der Waals surface area (Å²) in [5, 5.41) is 2.94. The van der Waals surface area contributed by atoms with E-state index in [-0.39, 0.29) is 5.91 Å². The summed E-state index contributed by atoms with van der Waals surface area (Å²) in [5.74, 6) is -0.0330. The van der Waals surface area contributed by atoms with Gasteiger partial charge in [0.05, 0.1) is 5.56 Å². The molecule has 0 saturated heterocycles. The van der Waals surface area contributed by atoms with E-state index in [1.54, 1.807) is 39.3 Å². The van der Waals surface area contributed by atoms with E-state index in [1.165, 1.54) is 4.90 Å². The molecule has 0 saturated carbocycles. The van der Waals surface area contributed by atoms with Gasteiger partial charge >= 0.3 is 0 Å². The number of nitrogens with zero attached hydrogens (tertiary/aromatic N) is 1. The van der Waals surface area contributed by atoms with Gasteiger partial charge in [0, 0.05) is 32.5 Å². The van der Waals surface area contributed by atoms with Gasteiger partial charge < -0.3 is 16.0 Å². The van der Waals surface area contributed by atoms with Crippen LogP contribution in [-0.4, -0.2) is 32.0 Å². The SMILES string of the molecule is CNc1cc(N)ccc1C(=O)N(C)C. The average Bonchev–Trinajstić information content (AvgIpc) is 2.16. The number of hydrogen-bond acceptors (Lipinski definition) is 3. The standard InChI is InChI=1S/C10H15N3O/c1-12-9-6-7(11)4-5-8(9)10(14)13(2)3/h4-6,12H,11H2,1-3H3. The lowest BCUT2D eigenvalue weighted by Crippen LogP contribution is -2.22. The highest BCUT2D eigenvalue weighted by molar-refractivity contribution is 5.99. The number of anilines is 2. The minimum absolute atomic E-state index is 0.0330. The zero-order valence-electron chi connectivity index (χ0n) is 8.66. The zero-order chi connectivity index (χ0) is 10.7. The molecule has 0 aliphatic carbocycles. The van der Waals surface area contributed by atoms with Crippen molar-refractivity contribution in [2.45, 2.75) is 0 Å². The van der Waals surface area contributed by atoms with Crippen molar-refractivity contribution in [2.75, 3.05) is 32.2 Å². The Labute approximate surface area is 83.7 Å². The van der Waals surface area contributed by atoms with Gasteiger partial charge in [0.1, 0.15) is 0 Å². The minimum atomic E-state index is -0.0330. The van der Waals surface area contributed by atoms with Crippen molar-refractivity contribution in [3.63, 3.8) is 0 Å². The molecule has 14 heavy (non-hydrogen) atoms. The number of benzene rings is 1. The summed E-state index contributed by atoms with van der Waals surface area (Å²) >= 11 is 0. The molecule has 1 aromatic rings. The maximum absolute atomic E-state index is 11.7. The van der Waals surface area contributed by atoms with Crippen LogP contribution in [0.2, 0.25) is 0 Å². The highest BCUT2D eigenvalue weighted by Gasteiger charge is 2.12. The van der Waals surface area contributed by atoms with E-state index in [1.807, 2.05) is 0 Å². The number of carbonyl (C=O) groups is 1. The zero-order valence-corrected chi connectivity index (χ0v) is 8.66. The van der Waals surface area contributed by atoms with E-state index >= 15 is 0 Å².